The van der Waals surface area contributed by atoms with Gasteiger partial charge in [0.2, 0.25) is 0 Å². The van der Waals surface area contributed by atoms with Crippen LogP contribution in [0.25, 0.3) is 0 Å². The van der Waals surface area contributed by atoms with Crippen LogP contribution in [0, 0.1) is 5.92 Å². The van der Waals surface area contributed by atoms with E-state index in [0.29, 0.717) is 26.4 Å². The van der Waals surface area contributed by atoms with Crippen LogP contribution < -0.4 is 39.9 Å². The van der Waals surface area contributed by atoms with E-state index in [9.17, 15) is 0 Å². The molecule has 3 aromatic rings. The molecule has 1 aliphatic carbocycles. The fourth-order valence-electron chi connectivity index (χ4n) is 6.75. The van der Waals surface area contributed by atoms with Crippen LogP contribution in [0.5, 0.6) is 0 Å². The predicted octanol–water partition coefficient (Wildman–Crippen LogP) is 2.05. The van der Waals surface area contributed by atoms with Crippen molar-refractivity contribution in [2.24, 2.45) is 5.92 Å². The van der Waals surface area contributed by atoms with Crippen LogP contribution in [0.2, 0.25) is 0 Å². The molecule has 2 heterocycles. The maximum atomic E-state index is 6.34. The molecule has 0 atom stereocenters. The molecule has 0 N–H and O–H groups in total. The third kappa shape index (κ3) is 5.04. The van der Waals surface area contributed by atoms with Crippen LogP contribution in [0.1, 0.15) is 32.1 Å². The largest absolute Gasteiger partial charge is 1.00 e. The minimum absolute atomic E-state index is 0. The lowest BCUT2D eigenvalue weighted by Gasteiger charge is -2.48. The van der Waals surface area contributed by atoms with Crippen LogP contribution in [-0.4, -0.2) is 44.2 Å². The number of ether oxygens (including phenoxy) is 4. The van der Waals surface area contributed by atoms with Gasteiger partial charge in [-0.25, -0.2) is 0 Å². The van der Waals surface area contributed by atoms with Gasteiger partial charge in [0.1, 0.15) is 23.2 Å². The summed E-state index contributed by atoms with van der Waals surface area (Å²) in [7, 11) is -1.87. The van der Waals surface area contributed by atoms with Gasteiger partial charge < -0.3 is 42.9 Å². The summed E-state index contributed by atoms with van der Waals surface area (Å²) < 4.78 is 25.4. The normalized spacial score (nSPS) is 20.8. The number of halogens is 1. The summed E-state index contributed by atoms with van der Waals surface area (Å²) in [5, 5.41) is 4.28. The average Bonchev–Trinajstić information content (AvgIpc) is 3.61. The van der Waals surface area contributed by atoms with E-state index in [1.807, 2.05) is 0 Å². The van der Waals surface area contributed by atoms with Crippen molar-refractivity contribution in [3.63, 3.8) is 0 Å². The fraction of sp³-hybridized carbons (Fsp3) is 0.419. The van der Waals surface area contributed by atoms with E-state index in [1.54, 1.807) is 0 Å². The van der Waals surface area contributed by atoms with Crippen LogP contribution in [0.15, 0.2) is 91.0 Å². The van der Waals surface area contributed by atoms with Crippen LogP contribution in [-0.2, 0) is 18.9 Å². The molecule has 196 valence electrons. The van der Waals surface area contributed by atoms with Gasteiger partial charge in [-0.15, -0.1) is 0 Å². The molecule has 2 aliphatic heterocycles. The summed E-state index contributed by atoms with van der Waals surface area (Å²) in [5.74, 6) is -1.07. The van der Waals surface area contributed by atoms with E-state index in [1.165, 1.54) is 15.9 Å². The topological polar surface area (TPSA) is 36.9 Å². The molecule has 4 nitrogen and oxygen atoms in total. The molecule has 3 aromatic carbocycles. The summed E-state index contributed by atoms with van der Waals surface area (Å²) in [6, 6.07) is 33.4. The molecule has 37 heavy (non-hydrogen) atoms. The van der Waals surface area contributed by atoms with Crippen molar-refractivity contribution >= 4 is 23.2 Å². The minimum atomic E-state index is -1.87. The van der Waals surface area contributed by atoms with Gasteiger partial charge in [-0.2, -0.15) is 0 Å². The number of hydrogen-bond acceptors (Lipinski definition) is 4. The van der Waals surface area contributed by atoms with Gasteiger partial charge >= 0.3 is 0 Å². The van der Waals surface area contributed by atoms with E-state index in [2.05, 4.69) is 91.0 Å². The predicted molar refractivity (Wildman–Crippen MR) is 146 cm³/mol. The van der Waals surface area contributed by atoms with Gasteiger partial charge in [0, 0.05) is 12.8 Å². The molecule has 2 saturated heterocycles. The van der Waals surface area contributed by atoms with E-state index in [4.69, 9.17) is 18.9 Å². The Morgan fingerprint density at radius 3 is 1.35 bits per heavy atom. The lowest BCUT2D eigenvalue weighted by atomic mass is 9.75. The zero-order chi connectivity index (χ0) is 24.3. The van der Waals surface area contributed by atoms with Crippen molar-refractivity contribution in [1.29, 1.82) is 0 Å². The van der Waals surface area contributed by atoms with Gasteiger partial charge in [-0.3, -0.25) is 0 Å². The van der Waals surface area contributed by atoms with Crippen molar-refractivity contribution in [3.05, 3.63) is 91.0 Å². The molecule has 0 aromatic heterocycles. The first kappa shape index (κ1) is 27.2. The van der Waals surface area contributed by atoms with Crippen LogP contribution >= 0.6 is 7.26 Å². The Kier molecular flexibility index (Phi) is 8.69. The summed E-state index contributed by atoms with van der Waals surface area (Å²) in [5.41, 5.74) is 0. The Morgan fingerprint density at radius 1 is 0.595 bits per heavy atom. The second-order valence-electron chi connectivity index (χ2n) is 10.1. The smallest absolute Gasteiger partial charge is 0.176 e. The molecule has 3 fully saturated rings. The standard InChI is InChI=1S/C31H36O4P.HI/c1-4-12-26(13-5-1)36(27-14-6-2-7-15-27,28-16-8-3-9-17-28)25-10-18-29-30(32-21-22-33-30)19-11-20-31(29)34-23-24-35-31;/h1-9,12-17,29H,10-11,18-25H2;1H/q+1;/p-1. The second kappa shape index (κ2) is 11.8. The molecule has 3 aliphatic rings. The Hall–Kier alpha value is -1.34. The van der Waals surface area contributed by atoms with E-state index < -0.39 is 18.8 Å². The maximum Gasteiger partial charge on any atom is 0.176 e. The maximum absolute atomic E-state index is 6.34. The summed E-state index contributed by atoms with van der Waals surface area (Å²) in [6.07, 6.45) is 5.92. The highest BCUT2D eigenvalue weighted by molar-refractivity contribution is 7.95. The molecule has 0 unspecified atom stereocenters. The molecule has 1 saturated carbocycles. The van der Waals surface area contributed by atoms with Crippen molar-refractivity contribution < 1.29 is 42.9 Å². The molecule has 0 radical (unpaired) electrons. The average molecular weight is 631 g/mol. The highest BCUT2D eigenvalue weighted by atomic mass is 127. The second-order valence-corrected chi connectivity index (χ2v) is 13.7. The molecule has 0 bridgehead atoms. The number of benzene rings is 3. The van der Waals surface area contributed by atoms with Gasteiger partial charge in [0.05, 0.1) is 38.5 Å². The first-order valence-electron chi connectivity index (χ1n) is 13.4. The third-order valence-electron chi connectivity index (χ3n) is 8.24. The Bertz CT molecular complexity index is 995. The third-order valence-corrected chi connectivity index (χ3v) is 12.8. The van der Waals surface area contributed by atoms with Crippen LogP contribution in [0.4, 0.5) is 0 Å². The highest BCUT2D eigenvalue weighted by Crippen LogP contribution is 2.57. The zero-order valence-electron chi connectivity index (χ0n) is 21.3. The van der Waals surface area contributed by atoms with E-state index in [-0.39, 0.29) is 29.9 Å². The molecule has 2 spiro atoms. The first-order valence-corrected chi connectivity index (χ1v) is 15.4. The zero-order valence-corrected chi connectivity index (χ0v) is 24.3. The van der Waals surface area contributed by atoms with E-state index >= 15 is 0 Å². The van der Waals surface area contributed by atoms with Gasteiger partial charge in [0.15, 0.2) is 11.6 Å². The number of rotatable bonds is 7. The van der Waals surface area contributed by atoms with Gasteiger partial charge in [0.25, 0.3) is 0 Å². The van der Waals surface area contributed by atoms with Crippen LogP contribution in [0.3, 0.4) is 0 Å². The monoisotopic (exact) mass is 630 g/mol. The first-order chi connectivity index (χ1) is 17.8. The van der Waals surface area contributed by atoms with E-state index in [0.717, 1.165) is 38.3 Å². The minimum Gasteiger partial charge on any atom is -1.00 e. The van der Waals surface area contributed by atoms with Gasteiger partial charge in [-0.05, 0) is 55.7 Å². The molecule has 0 amide bonds. The molecule has 6 heteroatoms. The highest BCUT2D eigenvalue weighted by Gasteiger charge is 2.60. The van der Waals surface area contributed by atoms with Gasteiger partial charge in [-0.1, -0.05) is 54.6 Å². The van der Waals surface area contributed by atoms with Crippen molar-refractivity contribution in [3.8, 4) is 0 Å². The summed E-state index contributed by atoms with van der Waals surface area (Å²) in [4.78, 5) is 0. The van der Waals surface area contributed by atoms with Crippen molar-refractivity contribution in [2.45, 2.75) is 43.7 Å². The van der Waals surface area contributed by atoms with Crippen molar-refractivity contribution in [2.75, 3.05) is 32.6 Å². The molecular formula is C31H36IO4P. The molecule has 6 rings (SSSR count). The Balaban J connectivity index is 0.00000280. The van der Waals surface area contributed by atoms with Crippen molar-refractivity contribution in [1.82, 2.24) is 0 Å². The lowest BCUT2D eigenvalue weighted by molar-refractivity contribution is -0.319. The summed E-state index contributed by atoms with van der Waals surface area (Å²) in [6.45, 7) is 2.62. The Morgan fingerprint density at radius 2 is 0.973 bits per heavy atom. The lowest BCUT2D eigenvalue weighted by Crippen LogP contribution is -3.00. The molecular weight excluding hydrogens is 594 g/mol. The SMILES string of the molecule is [I-].c1ccc([P+](CCCC2C3(CCCC24OCCO4)OCCO3)(c2ccccc2)c2ccccc2)cc1. The fourth-order valence-corrected chi connectivity index (χ4v) is 11.1. The summed E-state index contributed by atoms with van der Waals surface area (Å²) >= 11 is 0. The Labute approximate surface area is 238 Å². The quantitative estimate of drug-likeness (QED) is 0.296. The number of hydrogen-bond donors (Lipinski definition) is 0.